The molecule has 0 saturated heterocycles. The third-order valence-electron chi connectivity index (χ3n) is 3.34. The van der Waals surface area contributed by atoms with E-state index in [1.165, 1.54) is 0 Å². The molecule has 0 aromatic heterocycles. The molecular formula is C19H24N2O2. The van der Waals surface area contributed by atoms with E-state index in [4.69, 9.17) is 4.74 Å². The number of nitrogens with one attached hydrogen (secondary N) is 1. The Morgan fingerprint density at radius 1 is 1.13 bits per heavy atom. The fourth-order valence-corrected chi connectivity index (χ4v) is 2.21. The summed E-state index contributed by atoms with van der Waals surface area (Å²) < 4.78 is 5.65. The third kappa shape index (κ3) is 5.66. The van der Waals surface area contributed by atoms with Crippen molar-refractivity contribution in [1.29, 1.82) is 0 Å². The lowest BCUT2D eigenvalue weighted by Gasteiger charge is -2.18. The first-order valence-electron chi connectivity index (χ1n) is 7.83. The summed E-state index contributed by atoms with van der Waals surface area (Å²) in [6, 6.07) is 17.6. The third-order valence-corrected chi connectivity index (χ3v) is 3.34. The van der Waals surface area contributed by atoms with Crippen LogP contribution in [0.2, 0.25) is 0 Å². The maximum atomic E-state index is 12.2. The molecule has 0 unspecified atom stereocenters. The van der Waals surface area contributed by atoms with E-state index in [1.54, 1.807) is 4.90 Å². The summed E-state index contributed by atoms with van der Waals surface area (Å²) in [7, 11) is 1.81. The van der Waals surface area contributed by atoms with Gasteiger partial charge in [0, 0.05) is 25.3 Å². The van der Waals surface area contributed by atoms with Crippen LogP contribution in [0.25, 0.3) is 0 Å². The van der Waals surface area contributed by atoms with Crippen molar-refractivity contribution in [3.05, 3.63) is 60.2 Å². The van der Waals surface area contributed by atoms with Gasteiger partial charge in [0.1, 0.15) is 5.75 Å². The number of carbonyl (C=O) groups excluding carboxylic acids is 1. The molecule has 0 bridgehead atoms. The minimum Gasteiger partial charge on any atom is -0.491 e. The highest BCUT2D eigenvalue weighted by Gasteiger charge is 2.09. The lowest BCUT2D eigenvalue weighted by Crippen LogP contribution is -2.31. The molecule has 4 nitrogen and oxygen atoms in total. The number of carbonyl (C=O) groups is 1. The summed E-state index contributed by atoms with van der Waals surface area (Å²) in [5, 5.41) is 3.15. The van der Waals surface area contributed by atoms with Crippen LogP contribution in [0.4, 0.5) is 5.69 Å². The number of ether oxygens (including phenoxy) is 1. The molecule has 122 valence electrons. The lowest BCUT2D eigenvalue weighted by molar-refractivity contribution is -0.128. The van der Waals surface area contributed by atoms with Crippen molar-refractivity contribution in [2.45, 2.75) is 26.5 Å². The molecule has 0 spiro atoms. The fourth-order valence-electron chi connectivity index (χ4n) is 2.21. The van der Waals surface area contributed by atoms with Crippen LogP contribution in [-0.4, -0.2) is 30.5 Å². The van der Waals surface area contributed by atoms with E-state index in [0.29, 0.717) is 6.54 Å². The second-order valence-electron chi connectivity index (χ2n) is 5.78. The minimum atomic E-state index is 0.0454. The molecule has 2 aromatic carbocycles. The minimum absolute atomic E-state index is 0.0454. The Labute approximate surface area is 138 Å². The molecule has 2 aromatic rings. The van der Waals surface area contributed by atoms with Crippen LogP contribution in [0.5, 0.6) is 5.75 Å². The van der Waals surface area contributed by atoms with Crippen LogP contribution < -0.4 is 10.1 Å². The van der Waals surface area contributed by atoms with Crippen LogP contribution in [0.3, 0.4) is 0 Å². The van der Waals surface area contributed by atoms with E-state index in [2.05, 4.69) is 5.32 Å². The van der Waals surface area contributed by atoms with Gasteiger partial charge in [-0.05, 0) is 31.5 Å². The van der Waals surface area contributed by atoms with Gasteiger partial charge in [-0.15, -0.1) is 0 Å². The van der Waals surface area contributed by atoms with Crippen molar-refractivity contribution < 1.29 is 9.53 Å². The molecule has 0 atom stereocenters. The maximum Gasteiger partial charge on any atom is 0.241 e. The average molecular weight is 312 g/mol. The van der Waals surface area contributed by atoms with Crippen LogP contribution in [-0.2, 0) is 11.3 Å². The Kier molecular flexibility index (Phi) is 6.03. The fraction of sp³-hybridized carbons (Fsp3) is 0.316. The summed E-state index contributed by atoms with van der Waals surface area (Å²) in [5.41, 5.74) is 2.00. The van der Waals surface area contributed by atoms with Crippen LogP contribution >= 0.6 is 0 Å². The van der Waals surface area contributed by atoms with E-state index < -0.39 is 0 Å². The number of likely N-dealkylation sites (N-methyl/N-ethyl adjacent to an activating group) is 1. The van der Waals surface area contributed by atoms with E-state index in [0.717, 1.165) is 17.0 Å². The number of nitrogens with zero attached hydrogens (tertiary/aromatic N) is 1. The van der Waals surface area contributed by atoms with Crippen molar-refractivity contribution in [3.8, 4) is 5.75 Å². The van der Waals surface area contributed by atoms with Gasteiger partial charge < -0.3 is 15.0 Å². The SMILES string of the molecule is CC(C)Oc1cccc(NCC(=O)N(C)Cc2ccccc2)c1. The molecule has 2 rings (SSSR count). The second kappa shape index (κ2) is 8.22. The molecular weight excluding hydrogens is 288 g/mol. The van der Waals surface area contributed by atoms with Crippen LogP contribution in [0, 0.1) is 0 Å². The number of hydrogen-bond donors (Lipinski definition) is 1. The summed E-state index contributed by atoms with van der Waals surface area (Å²) >= 11 is 0. The largest absolute Gasteiger partial charge is 0.491 e. The maximum absolute atomic E-state index is 12.2. The van der Waals surface area contributed by atoms with E-state index in [1.807, 2.05) is 75.5 Å². The topological polar surface area (TPSA) is 41.6 Å². The summed E-state index contributed by atoms with van der Waals surface area (Å²) in [6.07, 6.45) is 0.129. The summed E-state index contributed by atoms with van der Waals surface area (Å²) in [4.78, 5) is 13.9. The Hall–Kier alpha value is -2.49. The van der Waals surface area contributed by atoms with Crippen molar-refractivity contribution in [3.63, 3.8) is 0 Å². The van der Waals surface area contributed by atoms with Gasteiger partial charge in [-0.2, -0.15) is 0 Å². The van der Waals surface area contributed by atoms with Gasteiger partial charge in [-0.3, -0.25) is 4.79 Å². The van der Waals surface area contributed by atoms with Gasteiger partial charge >= 0.3 is 0 Å². The smallest absolute Gasteiger partial charge is 0.241 e. The Morgan fingerprint density at radius 3 is 2.57 bits per heavy atom. The molecule has 0 saturated carbocycles. The van der Waals surface area contributed by atoms with E-state index in [-0.39, 0.29) is 18.6 Å². The van der Waals surface area contributed by atoms with E-state index >= 15 is 0 Å². The Morgan fingerprint density at radius 2 is 1.87 bits per heavy atom. The molecule has 1 N–H and O–H groups in total. The zero-order valence-electron chi connectivity index (χ0n) is 14.0. The monoisotopic (exact) mass is 312 g/mol. The van der Waals surface area contributed by atoms with Gasteiger partial charge in [0.15, 0.2) is 0 Å². The quantitative estimate of drug-likeness (QED) is 0.850. The van der Waals surface area contributed by atoms with E-state index in [9.17, 15) is 4.79 Å². The summed E-state index contributed by atoms with van der Waals surface area (Å²) in [5.74, 6) is 0.846. The highest BCUT2D eigenvalue weighted by molar-refractivity contribution is 5.80. The van der Waals surface area contributed by atoms with Gasteiger partial charge in [-0.25, -0.2) is 0 Å². The summed E-state index contributed by atoms with van der Waals surface area (Å²) in [6.45, 7) is 4.84. The molecule has 0 aliphatic carbocycles. The molecule has 4 heteroatoms. The highest BCUT2D eigenvalue weighted by atomic mass is 16.5. The second-order valence-corrected chi connectivity index (χ2v) is 5.78. The predicted molar refractivity (Wildman–Crippen MR) is 93.6 cm³/mol. The van der Waals surface area contributed by atoms with Crippen LogP contribution in [0.1, 0.15) is 19.4 Å². The normalized spacial score (nSPS) is 10.4. The van der Waals surface area contributed by atoms with Crippen molar-refractivity contribution in [1.82, 2.24) is 4.90 Å². The number of benzene rings is 2. The number of hydrogen-bond acceptors (Lipinski definition) is 3. The average Bonchev–Trinajstić information content (AvgIpc) is 2.53. The lowest BCUT2D eigenvalue weighted by atomic mass is 10.2. The van der Waals surface area contributed by atoms with Gasteiger partial charge in [-0.1, -0.05) is 36.4 Å². The first kappa shape index (κ1) is 16.9. The highest BCUT2D eigenvalue weighted by Crippen LogP contribution is 2.18. The number of rotatable bonds is 7. The molecule has 0 aliphatic heterocycles. The predicted octanol–water partition coefficient (Wildman–Crippen LogP) is 3.54. The van der Waals surface area contributed by atoms with Crippen LogP contribution in [0.15, 0.2) is 54.6 Å². The first-order chi connectivity index (χ1) is 11.0. The Bertz CT molecular complexity index is 626. The van der Waals surface area contributed by atoms with Crippen molar-refractivity contribution in [2.24, 2.45) is 0 Å². The molecule has 0 fully saturated rings. The molecule has 0 heterocycles. The zero-order chi connectivity index (χ0) is 16.7. The first-order valence-corrected chi connectivity index (χ1v) is 7.83. The molecule has 0 aliphatic rings. The van der Waals surface area contributed by atoms with Gasteiger partial charge in [0.2, 0.25) is 5.91 Å². The van der Waals surface area contributed by atoms with Gasteiger partial charge in [0.25, 0.3) is 0 Å². The molecule has 0 radical (unpaired) electrons. The molecule has 23 heavy (non-hydrogen) atoms. The van der Waals surface area contributed by atoms with Gasteiger partial charge in [0.05, 0.1) is 12.6 Å². The Balaban J connectivity index is 1.86. The van der Waals surface area contributed by atoms with Crippen molar-refractivity contribution in [2.75, 3.05) is 18.9 Å². The molecule has 1 amide bonds. The number of amides is 1. The standard InChI is InChI=1S/C19H24N2O2/c1-15(2)23-18-11-7-10-17(12-18)20-13-19(22)21(3)14-16-8-5-4-6-9-16/h4-12,15,20H,13-14H2,1-3H3. The van der Waals surface area contributed by atoms with Crippen molar-refractivity contribution >= 4 is 11.6 Å². The zero-order valence-corrected chi connectivity index (χ0v) is 14.0. The number of anilines is 1.